The van der Waals surface area contributed by atoms with Crippen molar-refractivity contribution in [2.45, 2.75) is 51.6 Å². The molecule has 2 rings (SSSR count). The molecule has 0 unspecified atom stereocenters. The molecule has 116 valence electrons. The number of nitrogens with two attached hydrogens (primary N) is 1. The van der Waals surface area contributed by atoms with E-state index in [4.69, 9.17) is 5.73 Å². The normalized spacial score (nSPS) is 15.5. The predicted molar refractivity (Wildman–Crippen MR) is 86.8 cm³/mol. The van der Waals surface area contributed by atoms with Gasteiger partial charge in [-0.1, -0.05) is 38.0 Å². The minimum absolute atomic E-state index is 0.143. The van der Waals surface area contributed by atoms with Gasteiger partial charge in [0, 0.05) is 18.3 Å². The molecule has 1 aliphatic rings. The molecule has 1 aliphatic carbocycles. The zero-order chi connectivity index (χ0) is 15.1. The first-order valence-corrected chi connectivity index (χ1v) is 8.04. The Labute approximate surface area is 127 Å². The molecule has 0 aromatic heterocycles. The van der Waals surface area contributed by atoms with Crippen molar-refractivity contribution < 1.29 is 4.79 Å². The Bertz CT molecular complexity index is 455. The van der Waals surface area contributed by atoms with Gasteiger partial charge in [-0.05, 0) is 37.4 Å². The standard InChI is InChI=1S/C17H27N3O/c1-2-11-20(12-14-7-3-6-10-16(14)18)13-17(21)19-15-8-4-5-9-15/h3,6-7,10,15H,2,4-5,8-9,11-13,18H2,1H3,(H,19,21). The second-order valence-corrected chi connectivity index (χ2v) is 5.96. The van der Waals surface area contributed by atoms with Crippen LogP contribution in [0.2, 0.25) is 0 Å². The number of nitrogens with one attached hydrogen (secondary N) is 1. The third-order valence-corrected chi connectivity index (χ3v) is 4.08. The number of para-hydroxylation sites is 1. The monoisotopic (exact) mass is 289 g/mol. The van der Waals surface area contributed by atoms with Gasteiger partial charge in [0.1, 0.15) is 0 Å². The Balaban J connectivity index is 1.88. The van der Waals surface area contributed by atoms with Gasteiger partial charge < -0.3 is 11.1 Å². The minimum Gasteiger partial charge on any atom is -0.398 e. The Hall–Kier alpha value is -1.55. The molecule has 0 bridgehead atoms. The lowest BCUT2D eigenvalue weighted by molar-refractivity contribution is -0.123. The zero-order valence-electron chi connectivity index (χ0n) is 13.0. The van der Waals surface area contributed by atoms with E-state index in [1.54, 1.807) is 0 Å². The van der Waals surface area contributed by atoms with Gasteiger partial charge >= 0.3 is 0 Å². The summed E-state index contributed by atoms with van der Waals surface area (Å²) in [7, 11) is 0. The second kappa shape index (κ2) is 8.03. The summed E-state index contributed by atoms with van der Waals surface area (Å²) >= 11 is 0. The lowest BCUT2D eigenvalue weighted by Crippen LogP contribution is -2.41. The Kier molecular flexibility index (Phi) is 6.05. The third-order valence-electron chi connectivity index (χ3n) is 4.08. The van der Waals surface area contributed by atoms with Crippen molar-refractivity contribution in [3.63, 3.8) is 0 Å². The molecule has 0 heterocycles. The van der Waals surface area contributed by atoms with E-state index in [2.05, 4.69) is 17.1 Å². The van der Waals surface area contributed by atoms with Crippen molar-refractivity contribution in [2.24, 2.45) is 0 Å². The van der Waals surface area contributed by atoms with Gasteiger partial charge in [0.25, 0.3) is 0 Å². The van der Waals surface area contributed by atoms with E-state index < -0.39 is 0 Å². The summed E-state index contributed by atoms with van der Waals surface area (Å²) in [5.41, 5.74) is 7.90. The number of nitrogen functional groups attached to an aromatic ring is 1. The molecular formula is C17H27N3O. The third kappa shape index (κ3) is 5.05. The highest BCUT2D eigenvalue weighted by Gasteiger charge is 2.18. The van der Waals surface area contributed by atoms with Crippen LogP contribution in [-0.4, -0.2) is 29.9 Å². The SMILES string of the molecule is CCCN(CC(=O)NC1CCCC1)Cc1ccccc1N. The quantitative estimate of drug-likeness (QED) is 0.758. The molecule has 1 aromatic rings. The van der Waals surface area contributed by atoms with Crippen LogP contribution in [0.15, 0.2) is 24.3 Å². The number of rotatable bonds is 7. The second-order valence-electron chi connectivity index (χ2n) is 5.96. The van der Waals surface area contributed by atoms with Crippen LogP contribution in [-0.2, 0) is 11.3 Å². The molecular weight excluding hydrogens is 262 g/mol. The van der Waals surface area contributed by atoms with Gasteiger partial charge in [-0.25, -0.2) is 0 Å². The molecule has 3 N–H and O–H groups in total. The van der Waals surface area contributed by atoms with Crippen LogP contribution in [0.1, 0.15) is 44.6 Å². The topological polar surface area (TPSA) is 58.4 Å². The van der Waals surface area contributed by atoms with Crippen LogP contribution in [0.4, 0.5) is 5.69 Å². The van der Waals surface area contributed by atoms with Gasteiger partial charge in [0.15, 0.2) is 0 Å². The highest BCUT2D eigenvalue weighted by molar-refractivity contribution is 5.78. The molecule has 0 spiro atoms. The summed E-state index contributed by atoms with van der Waals surface area (Å²) < 4.78 is 0. The number of carbonyl (C=O) groups is 1. The van der Waals surface area contributed by atoms with Crippen molar-refractivity contribution in [1.82, 2.24) is 10.2 Å². The molecule has 0 atom stereocenters. The van der Waals surface area contributed by atoms with E-state index in [9.17, 15) is 4.79 Å². The summed E-state index contributed by atoms with van der Waals surface area (Å²) in [5, 5.41) is 3.16. The highest BCUT2D eigenvalue weighted by Crippen LogP contribution is 2.18. The van der Waals surface area contributed by atoms with Crippen LogP contribution in [0, 0.1) is 0 Å². The van der Waals surface area contributed by atoms with Gasteiger partial charge in [-0.15, -0.1) is 0 Å². The first-order chi connectivity index (χ1) is 10.2. The molecule has 1 amide bonds. The minimum atomic E-state index is 0.143. The van der Waals surface area contributed by atoms with E-state index >= 15 is 0 Å². The van der Waals surface area contributed by atoms with Crippen molar-refractivity contribution in [2.75, 3.05) is 18.8 Å². The largest absolute Gasteiger partial charge is 0.398 e. The smallest absolute Gasteiger partial charge is 0.234 e. The van der Waals surface area contributed by atoms with Crippen molar-refractivity contribution in [3.8, 4) is 0 Å². The zero-order valence-corrected chi connectivity index (χ0v) is 13.0. The number of benzene rings is 1. The lowest BCUT2D eigenvalue weighted by atomic mass is 10.1. The Morgan fingerprint density at radius 3 is 2.71 bits per heavy atom. The predicted octanol–water partition coefficient (Wildman–Crippen LogP) is 2.54. The van der Waals surface area contributed by atoms with E-state index in [0.29, 0.717) is 12.6 Å². The molecule has 1 aromatic carbocycles. The van der Waals surface area contributed by atoms with Crippen LogP contribution in [0.3, 0.4) is 0 Å². The van der Waals surface area contributed by atoms with E-state index in [1.807, 2.05) is 24.3 Å². The van der Waals surface area contributed by atoms with Gasteiger partial charge in [-0.3, -0.25) is 9.69 Å². The van der Waals surface area contributed by atoms with Gasteiger partial charge in [-0.2, -0.15) is 0 Å². The maximum atomic E-state index is 12.2. The number of amides is 1. The van der Waals surface area contributed by atoms with E-state index in [1.165, 1.54) is 12.8 Å². The molecule has 0 aliphatic heterocycles. The summed E-state index contributed by atoms with van der Waals surface area (Å²) in [6.45, 7) is 4.24. The lowest BCUT2D eigenvalue weighted by Gasteiger charge is -2.23. The van der Waals surface area contributed by atoms with Gasteiger partial charge in [0.2, 0.25) is 5.91 Å². The van der Waals surface area contributed by atoms with E-state index in [0.717, 1.165) is 43.6 Å². The molecule has 1 saturated carbocycles. The molecule has 21 heavy (non-hydrogen) atoms. The van der Waals surface area contributed by atoms with Crippen LogP contribution in [0.25, 0.3) is 0 Å². The summed E-state index contributed by atoms with van der Waals surface area (Å²) in [5.74, 6) is 0.143. The van der Waals surface area contributed by atoms with Crippen molar-refractivity contribution in [3.05, 3.63) is 29.8 Å². The number of anilines is 1. The molecule has 4 nitrogen and oxygen atoms in total. The summed E-state index contributed by atoms with van der Waals surface area (Å²) in [4.78, 5) is 14.4. The first kappa shape index (κ1) is 15.8. The molecule has 0 saturated heterocycles. The number of hydrogen-bond acceptors (Lipinski definition) is 3. The maximum absolute atomic E-state index is 12.2. The van der Waals surface area contributed by atoms with Crippen molar-refractivity contribution >= 4 is 11.6 Å². The van der Waals surface area contributed by atoms with Crippen LogP contribution in [0.5, 0.6) is 0 Å². The highest BCUT2D eigenvalue weighted by atomic mass is 16.2. The fourth-order valence-electron chi connectivity index (χ4n) is 3.00. The molecule has 1 fully saturated rings. The summed E-state index contributed by atoms with van der Waals surface area (Å²) in [6, 6.07) is 8.28. The van der Waals surface area contributed by atoms with Crippen LogP contribution >= 0.6 is 0 Å². The Morgan fingerprint density at radius 2 is 2.05 bits per heavy atom. The van der Waals surface area contributed by atoms with Crippen LogP contribution < -0.4 is 11.1 Å². The van der Waals surface area contributed by atoms with Gasteiger partial charge in [0.05, 0.1) is 6.54 Å². The fourth-order valence-corrected chi connectivity index (χ4v) is 3.00. The molecule has 4 heteroatoms. The van der Waals surface area contributed by atoms with Crippen molar-refractivity contribution in [1.29, 1.82) is 0 Å². The Morgan fingerprint density at radius 1 is 1.33 bits per heavy atom. The van der Waals surface area contributed by atoms with E-state index in [-0.39, 0.29) is 5.91 Å². The first-order valence-electron chi connectivity index (χ1n) is 8.04. The number of carbonyl (C=O) groups excluding carboxylic acids is 1. The molecule has 0 radical (unpaired) electrons. The number of hydrogen-bond donors (Lipinski definition) is 2. The number of nitrogens with zero attached hydrogens (tertiary/aromatic N) is 1. The summed E-state index contributed by atoms with van der Waals surface area (Å²) in [6.07, 6.45) is 5.77. The maximum Gasteiger partial charge on any atom is 0.234 e. The average molecular weight is 289 g/mol. The fraction of sp³-hybridized carbons (Fsp3) is 0.588. The average Bonchev–Trinajstić information content (AvgIpc) is 2.94.